The zero-order chi connectivity index (χ0) is 17.8. The number of carbonyl (C=O) groups excluding carboxylic acids is 2. The maximum Gasteiger partial charge on any atom is 0.229 e. The third-order valence-corrected chi connectivity index (χ3v) is 4.74. The number of rotatable bonds is 5. The van der Waals surface area contributed by atoms with Crippen LogP contribution in [0.3, 0.4) is 0 Å². The Labute approximate surface area is 148 Å². The predicted molar refractivity (Wildman–Crippen MR) is 99.4 cm³/mol. The molecule has 0 radical (unpaired) electrons. The number of nitrogens with zero attached hydrogens (tertiary/aromatic N) is 1. The first-order valence-corrected chi connectivity index (χ1v) is 8.73. The SMILES string of the molecule is Cc1ccc(NC(=O)[C@H]2CC(=O)N(CCc3ccccc3)C2)c(C)c1. The number of carbonyl (C=O) groups is 2. The molecule has 4 heteroatoms. The van der Waals surface area contributed by atoms with E-state index in [1.807, 2.05) is 50.2 Å². The van der Waals surface area contributed by atoms with Gasteiger partial charge in [-0.15, -0.1) is 0 Å². The van der Waals surface area contributed by atoms with E-state index in [1.165, 1.54) is 11.1 Å². The first-order chi connectivity index (χ1) is 12.0. The van der Waals surface area contributed by atoms with Gasteiger partial charge < -0.3 is 10.2 Å². The van der Waals surface area contributed by atoms with Gasteiger partial charge in [0.25, 0.3) is 0 Å². The second-order valence-corrected chi connectivity index (χ2v) is 6.78. The molecule has 1 heterocycles. The number of aryl methyl sites for hydroxylation is 2. The van der Waals surface area contributed by atoms with Crippen molar-refractivity contribution in [3.8, 4) is 0 Å². The van der Waals surface area contributed by atoms with Gasteiger partial charge in [-0.05, 0) is 37.5 Å². The van der Waals surface area contributed by atoms with E-state index in [9.17, 15) is 9.59 Å². The number of amides is 2. The van der Waals surface area contributed by atoms with Gasteiger partial charge in [-0.2, -0.15) is 0 Å². The van der Waals surface area contributed by atoms with Gasteiger partial charge in [0.05, 0.1) is 5.92 Å². The highest BCUT2D eigenvalue weighted by Gasteiger charge is 2.34. The summed E-state index contributed by atoms with van der Waals surface area (Å²) in [5.74, 6) is -0.275. The highest BCUT2D eigenvalue weighted by molar-refractivity contribution is 5.97. The molecular formula is C21H24N2O2. The highest BCUT2D eigenvalue weighted by atomic mass is 16.2. The lowest BCUT2D eigenvalue weighted by atomic mass is 10.1. The summed E-state index contributed by atoms with van der Waals surface area (Å²) in [4.78, 5) is 26.6. The molecule has 0 unspecified atom stereocenters. The van der Waals surface area contributed by atoms with Crippen molar-refractivity contribution in [2.45, 2.75) is 26.7 Å². The molecule has 2 amide bonds. The Hall–Kier alpha value is -2.62. The first-order valence-electron chi connectivity index (χ1n) is 8.73. The van der Waals surface area contributed by atoms with Crippen LogP contribution >= 0.6 is 0 Å². The van der Waals surface area contributed by atoms with E-state index in [4.69, 9.17) is 0 Å². The normalized spacial score (nSPS) is 17.0. The van der Waals surface area contributed by atoms with Gasteiger partial charge in [-0.1, -0.05) is 48.0 Å². The van der Waals surface area contributed by atoms with E-state index in [0.717, 1.165) is 17.7 Å². The Morgan fingerprint density at radius 1 is 1.16 bits per heavy atom. The molecule has 130 valence electrons. The van der Waals surface area contributed by atoms with Crippen LogP contribution in [0.4, 0.5) is 5.69 Å². The molecule has 1 fully saturated rings. The Balaban J connectivity index is 1.57. The van der Waals surface area contributed by atoms with E-state index in [-0.39, 0.29) is 17.7 Å². The van der Waals surface area contributed by atoms with Crippen LogP contribution in [-0.4, -0.2) is 29.8 Å². The largest absolute Gasteiger partial charge is 0.342 e. The van der Waals surface area contributed by atoms with Crippen LogP contribution in [0.2, 0.25) is 0 Å². The minimum atomic E-state index is -0.274. The number of nitrogens with one attached hydrogen (secondary N) is 1. The van der Waals surface area contributed by atoms with E-state index >= 15 is 0 Å². The van der Waals surface area contributed by atoms with Gasteiger partial charge in [-0.3, -0.25) is 9.59 Å². The van der Waals surface area contributed by atoms with Crippen molar-refractivity contribution in [1.29, 1.82) is 0 Å². The van der Waals surface area contributed by atoms with Gasteiger partial charge in [-0.25, -0.2) is 0 Å². The molecule has 1 aliphatic heterocycles. The maximum atomic E-state index is 12.5. The second kappa shape index (κ2) is 7.51. The third kappa shape index (κ3) is 4.27. The summed E-state index contributed by atoms with van der Waals surface area (Å²) in [5.41, 5.74) is 4.24. The first kappa shape index (κ1) is 17.2. The summed E-state index contributed by atoms with van der Waals surface area (Å²) >= 11 is 0. The zero-order valence-corrected chi connectivity index (χ0v) is 14.8. The van der Waals surface area contributed by atoms with Gasteiger partial charge in [0.2, 0.25) is 11.8 Å². The summed E-state index contributed by atoms with van der Waals surface area (Å²) in [5, 5.41) is 2.98. The van der Waals surface area contributed by atoms with E-state index in [1.54, 1.807) is 4.90 Å². The Morgan fingerprint density at radius 2 is 1.92 bits per heavy atom. The fraction of sp³-hybridized carbons (Fsp3) is 0.333. The lowest BCUT2D eigenvalue weighted by Crippen LogP contribution is -2.30. The van der Waals surface area contributed by atoms with Crippen LogP contribution < -0.4 is 5.32 Å². The molecule has 1 atom stereocenters. The lowest BCUT2D eigenvalue weighted by Gasteiger charge is -2.17. The topological polar surface area (TPSA) is 49.4 Å². The Bertz CT molecular complexity index is 771. The summed E-state index contributed by atoms with van der Waals surface area (Å²) < 4.78 is 0. The molecule has 0 spiro atoms. The van der Waals surface area contributed by atoms with Crippen molar-refractivity contribution < 1.29 is 9.59 Å². The van der Waals surface area contributed by atoms with Gasteiger partial charge in [0.15, 0.2) is 0 Å². The van der Waals surface area contributed by atoms with Crippen LogP contribution in [-0.2, 0) is 16.0 Å². The second-order valence-electron chi connectivity index (χ2n) is 6.78. The Morgan fingerprint density at radius 3 is 2.64 bits per heavy atom. The fourth-order valence-electron chi connectivity index (χ4n) is 3.26. The molecule has 2 aromatic carbocycles. The van der Waals surface area contributed by atoms with E-state index < -0.39 is 0 Å². The summed E-state index contributed by atoms with van der Waals surface area (Å²) in [6, 6.07) is 16.1. The van der Waals surface area contributed by atoms with Crippen molar-refractivity contribution >= 4 is 17.5 Å². The summed E-state index contributed by atoms with van der Waals surface area (Å²) in [7, 11) is 0. The van der Waals surface area contributed by atoms with Crippen molar-refractivity contribution in [3.63, 3.8) is 0 Å². The fourth-order valence-corrected chi connectivity index (χ4v) is 3.26. The predicted octanol–water partition coefficient (Wildman–Crippen LogP) is 3.33. The smallest absolute Gasteiger partial charge is 0.229 e. The van der Waals surface area contributed by atoms with Crippen LogP contribution in [0.25, 0.3) is 0 Å². The van der Waals surface area contributed by atoms with Crippen LogP contribution in [0, 0.1) is 19.8 Å². The van der Waals surface area contributed by atoms with Crippen LogP contribution in [0.5, 0.6) is 0 Å². The molecule has 0 bridgehead atoms. The summed E-state index contributed by atoms with van der Waals surface area (Å²) in [6.45, 7) is 5.17. The van der Waals surface area contributed by atoms with Gasteiger partial charge >= 0.3 is 0 Å². The van der Waals surface area contributed by atoms with Gasteiger partial charge in [0.1, 0.15) is 0 Å². The molecule has 1 N–H and O–H groups in total. The third-order valence-electron chi connectivity index (χ3n) is 4.74. The molecular weight excluding hydrogens is 312 g/mol. The molecule has 3 rings (SSSR count). The van der Waals surface area contributed by atoms with Crippen LogP contribution in [0.15, 0.2) is 48.5 Å². The molecule has 1 aliphatic rings. The zero-order valence-electron chi connectivity index (χ0n) is 14.8. The number of anilines is 1. The molecule has 0 saturated carbocycles. The number of hydrogen-bond acceptors (Lipinski definition) is 2. The minimum Gasteiger partial charge on any atom is -0.342 e. The minimum absolute atomic E-state index is 0.0664. The van der Waals surface area contributed by atoms with E-state index in [2.05, 4.69) is 17.4 Å². The quantitative estimate of drug-likeness (QED) is 0.910. The van der Waals surface area contributed by atoms with Crippen molar-refractivity contribution in [2.24, 2.45) is 5.92 Å². The summed E-state index contributed by atoms with van der Waals surface area (Å²) in [6.07, 6.45) is 1.11. The number of likely N-dealkylation sites (tertiary alicyclic amines) is 1. The highest BCUT2D eigenvalue weighted by Crippen LogP contribution is 2.22. The standard InChI is InChI=1S/C21H24N2O2/c1-15-8-9-19(16(2)12-15)22-21(25)18-13-20(24)23(14-18)11-10-17-6-4-3-5-7-17/h3-9,12,18H,10-11,13-14H2,1-2H3,(H,22,25)/t18-/m0/s1. The molecule has 25 heavy (non-hydrogen) atoms. The van der Waals surface area contributed by atoms with Gasteiger partial charge in [0, 0.05) is 25.2 Å². The average molecular weight is 336 g/mol. The molecule has 2 aromatic rings. The molecule has 1 saturated heterocycles. The lowest BCUT2D eigenvalue weighted by molar-refractivity contribution is -0.128. The van der Waals surface area contributed by atoms with Crippen LogP contribution in [0.1, 0.15) is 23.1 Å². The number of benzene rings is 2. The Kier molecular flexibility index (Phi) is 5.17. The monoisotopic (exact) mass is 336 g/mol. The number of hydrogen-bond donors (Lipinski definition) is 1. The van der Waals surface area contributed by atoms with Crippen molar-refractivity contribution in [3.05, 3.63) is 65.2 Å². The molecule has 0 aromatic heterocycles. The van der Waals surface area contributed by atoms with Crippen molar-refractivity contribution in [1.82, 2.24) is 4.90 Å². The molecule has 4 nitrogen and oxygen atoms in total. The average Bonchev–Trinajstić information content (AvgIpc) is 2.97. The maximum absolute atomic E-state index is 12.5. The molecule has 0 aliphatic carbocycles. The van der Waals surface area contributed by atoms with E-state index in [0.29, 0.717) is 19.5 Å². The van der Waals surface area contributed by atoms with Crippen molar-refractivity contribution in [2.75, 3.05) is 18.4 Å².